The summed E-state index contributed by atoms with van der Waals surface area (Å²) in [5, 5.41) is 3.05. The number of rotatable bonds is 7. The molecule has 0 atom stereocenters. The number of anilines is 2. The third kappa shape index (κ3) is 4.23. The number of aromatic nitrogens is 3. The van der Waals surface area contributed by atoms with Crippen LogP contribution in [0.1, 0.15) is 35.1 Å². The number of amides is 1. The summed E-state index contributed by atoms with van der Waals surface area (Å²) in [6, 6.07) is 18.2. The zero-order chi connectivity index (χ0) is 21.2. The van der Waals surface area contributed by atoms with Gasteiger partial charge in [0.05, 0.1) is 0 Å². The number of ether oxygens (including phenoxy) is 1. The Balaban J connectivity index is 1.41. The van der Waals surface area contributed by atoms with E-state index in [2.05, 4.69) is 20.3 Å². The number of oxazole rings is 1. The minimum atomic E-state index is -0.598. The van der Waals surface area contributed by atoms with Crippen LogP contribution in [0.3, 0.4) is 0 Å². The Labute approximate surface area is 178 Å². The normalized spacial score (nSPS) is 13.0. The average molecular weight is 413 g/mol. The van der Waals surface area contributed by atoms with Crippen molar-refractivity contribution in [2.24, 2.45) is 5.73 Å². The lowest BCUT2D eigenvalue weighted by molar-refractivity contribution is 0.0995. The van der Waals surface area contributed by atoms with Crippen LogP contribution in [0.4, 0.5) is 11.6 Å². The minimum absolute atomic E-state index is 0.166. The van der Waals surface area contributed by atoms with E-state index in [9.17, 15) is 4.79 Å². The van der Waals surface area contributed by atoms with Gasteiger partial charge in [-0.3, -0.25) is 4.79 Å². The zero-order valence-corrected chi connectivity index (χ0v) is 16.5. The predicted octanol–water partition coefficient (Wildman–Crippen LogP) is 4.64. The second-order valence-electron chi connectivity index (χ2n) is 7.20. The fourth-order valence-corrected chi connectivity index (χ4v) is 3.10. The molecule has 8 heteroatoms. The molecule has 3 aromatic heterocycles. The number of pyridine rings is 2. The molecule has 0 saturated heterocycles. The number of primary amides is 1. The molecule has 8 nitrogen and oxygen atoms in total. The van der Waals surface area contributed by atoms with Crippen LogP contribution < -0.4 is 15.8 Å². The monoisotopic (exact) mass is 413 g/mol. The second-order valence-corrected chi connectivity index (χ2v) is 7.20. The highest BCUT2D eigenvalue weighted by Crippen LogP contribution is 2.44. The van der Waals surface area contributed by atoms with Gasteiger partial charge in [0, 0.05) is 23.7 Å². The number of nitrogens with zero attached hydrogens (tertiary/aromatic N) is 3. The highest BCUT2D eigenvalue weighted by molar-refractivity contribution is 5.91. The summed E-state index contributed by atoms with van der Waals surface area (Å²) in [5.41, 5.74) is 7.06. The van der Waals surface area contributed by atoms with E-state index in [-0.39, 0.29) is 5.69 Å². The summed E-state index contributed by atoms with van der Waals surface area (Å²) >= 11 is 0. The lowest BCUT2D eigenvalue weighted by Gasteiger charge is -2.08. The van der Waals surface area contributed by atoms with E-state index in [4.69, 9.17) is 14.9 Å². The number of benzene rings is 1. The SMILES string of the molecule is NC(=O)c1cccc(Nc2cc(Oc3oc(C4CC4)nc3-c3ccccc3)ccn2)n1. The molecule has 5 rings (SSSR count). The zero-order valence-electron chi connectivity index (χ0n) is 16.5. The van der Waals surface area contributed by atoms with Crippen LogP contribution in [-0.4, -0.2) is 20.9 Å². The number of hydrogen-bond acceptors (Lipinski definition) is 7. The van der Waals surface area contributed by atoms with Crippen LogP contribution in [0.15, 0.2) is 71.3 Å². The number of nitrogens with one attached hydrogen (secondary N) is 1. The van der Waals surface area contributed by atoms with Crippen molar-refractivity contribution in [3.63, 3.8) is 0 Å². The van der Waals surface area contributed by atoms with Gasteiger partial charge in [0.2, 0.25) is 5.89 Å². The van der Waals surface area contributed by atoms with Gasteiger partial charge in [0.1, 0.15) is 23.1 Å². The number of carbonyl (C=O) groups excluding carboxylic acids is 1. The van der Waals surface area contributed by atoms with Crippen molar-refractivity contribution >= 4 is 17.5 Å². The maximum absolute atomic E-state index is 11.3. The van der Waals surface area contributed by atoms with Gasteiger partial charge in [-0.1, -0.05) is 36.4 Å². The van der Waals surface area contributed by atoms with Crippen LogP contribution in [0.5, 0.6) is 11.7 Å². The quantitative estimate of drug-likeness (QED) is 0.453. The third-order valence-electron chi connectivity index (χ3n) is 4.79. The molecular formula is C23H19N5O3. The maximum atomic E-state index is 11.3. The first-order valence-corrected chi connectivity index (χ1v) is 9.89. The van der Waals surface area contributed by atoms with E-state index in [1.807, 2.05) is 30.3 Å². The van der Waals surface area contributed by atoms with Crippen LogP contribution in [0.2, 0.25) is 0 Å². The Bertz CT molecular complexity index is 1230. The van der Waals surface area contributed by atoms with Crippen molar-refractivity contribution in [3.05, 3.63) is 78.4 Å². The van der Waals surface area contributed by atoms with Gasteiger partial charge in [-0.2, -0.15) is 0 Å². The Morgan fingerprint density at radius 3 is 2.65 bits per heavy atom. The number of nitrogens with two attached hydrogens (primary N) is 1. The Morgan fingerprint density at radius 2 is 1.87 bits per heavy atom. The standard InChI is InChI=1S/C23H19N5O3/c24-21(29)17-7-4-8-18(26-17)27-19-13-16(11-12-25-19)30-23-20(14-5-2-1-3-6-14)28-22(31-23)15-9-10-15/h1-8,11-13,15H,9-10H2,(H2,24,29)(H,25,26,27). The van der Waals surface area contributed by atoms with Crippen LogP contribution in [-0.2, 0) is 0 Å². The van der Waals surface area contributed by atoms with Gasteiger partial charge in [0.15, 0.2) is 5.69 Å². The van der Waals surface area contributed by atoms with Crippen molar-refractivity contribution in [2.75, 3.05) is 5.32 Å². The first-order valence-electron chi connectivity index (χ1n) is 9.89. The van der Waals surface area contributed by atoms with Gasteiger partial charge in [-0.15, -0.1) is 0 Å². The van der Waals surface area contributed by atoms with Crippen LogP contribution in [0, 0.1) is 0 Å². The highest BCUT2D eigenvalue weighted by Gasteiger charge is 2.31. The molecule has 31 heavy (non-hydrogen) atoms. The molecule has 3 N–H and O–H groups in total. The third-order valence-corrected chi connectivity index (χ3v) is 4.79. The molecule has 0 aliphatic heterocycles. The fraction of sp³-hybridized carbons (Fsp3) is 0.130. The topological polar surface area (TPSA) is 116 Å². The Hall–Kier alpha value is -4.20. The molecular weight excluding hydrogens is 394 g/mol. The summed E-state index contributed by atoms with van der Waals surface area (Å²) in [6.07, 6.45) is 3.76. The van der Waals surface area contributed by atoms with E-state index in [0.29, 0.717) is 40.8 Å². The summed E-state index contributed by atoms with van der Waals surface area (Å²) < 4.78 is 12.0. The smallest absolute Gasteiger partial charge is 0.319 e. The largest absolute Gasteiger partial charge is 0.424 e. The molecule has 1 aliphatic carbocycles. The van der Waals surface area contributed by atoms with E-state index in [1.54, 1.807) is 36.5 Å². The molecule has 0 spiro atoms. The first-order chi connectivity index (χ1) is 15.2. The maximum Gasteiger partial charge on any atom is 0.319 e. The average Bonchev–Trinajstić information content (AvgIpc) is 3.55. The summed E-state index contributed by atoms with van der Waals surface area (Å²) in [5.74, 6) is 2.28. The van der Waals surface area contributed by atoms with Gasteiger partial charge in [-0.05, 0) is 31.0 Å². The van der Waals surface area contributed by atoms with Crippen molar-refractivity contribution < 1.29 is 13.9 Å². The van der Waals surface area contributed by atoms with Crippen molar-refractivity contribution in [1.82, 2.24) is 15.0 Å². The molecule has 1 saturated carbocycles. The first kappa shape index (κ1) is 18.8. The molecule has 1 amide bonds. The second kappa shape index (κ2) is 7.91. The van der Waals surface area contributed by atoms with Crippen molar-refractivity contribution in [3.8, 4) is 23.0 Å². The molecule has 1 fully saturated rings. The number of hydrogen-bond donors (Lipinski definition) is 2. The Kier molecular flexibility index (Phi) is 4.80. The van der Waals surface area contributed by atoms with E-state index >= 15 is 0 Å². The lowest BCUT2D eigenvalue weighted by Crippen LogP contribution is -2.13. The van der Waals surface area contributed by atoms with Gasteiger partial charge in [0.25, 0.3) is 5.91 Å². The molecule has 0 radical (unpaired) electrons. The summed E-state index contributed by atoms with van der Waals surface area (Å²) in [7, 11) is 0. The molecule has 3 heterocycles. The molecule has 154 valence electrons. The molecule has 4 aromatic rings. The molecule has 1 aromatic carbocycles. The van der Waals surface area contributed by atoms with Crippen LogP contribution in [0.25, 0.3) is 11.3 Å². The van der Waals surface area contributed by atoms with E-state index in [1.165, 1.54) is 0 Å². The van der Waals surface area contributed by atoms with Gasteiger partial charge < -0.3 is 20.2 Å². The predicted molar refractivity (Wildman–Crippen MR) is 114 cm³/mol. The van der Waals surface area contributed by atoms with E-state index in [0.717, 1.165) is 18.4 Å². The number of carbonyl (C=O) groups is 1. The van der Waals surface area contributed by atoms with Crippen molar-refractivity contribution in [2.45, 2.75) is 18.8 Å². The molecule has 0 bridgehead atoms. The Morgan fingerprint density at radius 1 is 1.03 bits per heavy atom. The van der Waals surface area contributed by atoms with Gasteiger partial charge >= 0.3 is 5.95 Å². The summed E-state index contributed by atoms with van der Waals surface area (Å²) in [4.78, 5) is 24.5. The van der Waals surface area contributed by atoms with Crippen LogP contribution >= 0.6 is 0 Å². The highest BCUT2D eigenvalue weighted by atomic mass is 16.6. The molecule has 1 aliphatic rings. The lowest BCUT2D eigenvalue weighted by atomic mass is 10.2. The van der Waals surface area contributed by atoms with Crippen molar-refractivity contribution in [1.29, 1.82) is 0 Å². The fourth-order valence-electron chi connectivity index (χ4n) is 3.10. The minimum Gasteiger partial charge on any atom is -0.424 e. The van der Waals surface area contributed by atoms with Gasteiger partial charge in [-0.25, -0.2) is 15.0 Å². The molecule has 0 unspecified atom stereocenters. The summed E-state index contributed by atoms with van der Waals surface area (Å²) in [6.45, 7) is 0. The van der Waals surface area contributed by atoms with E-state index < -0.39 is 5.91 Å².